The standard InChI is InChI=1S/C6H13N.C6H12O.C2H6/c2*1-2-4-6-7-5-3-1;1-2/h7H,1-6H2;1-6H2;1-2H3. The highest BCUT2D eigenvalue weighted by Crippen LogP contribution is 2.04. The SMILES string of the molecule is C1CCCNCC1.C1CCCOCC1.CC. The molecule has 0 saturated carbocycles. The van der Waals surface area contributed by atoms with Gasteiger partial charge in [-0.15, -0.1) is 0 Å². The molecule has 0 atom stereocenters. The van der Waals surface area contributed by atoms with Crippen LogP contribution >= 0.6 is 0 Å². The van der Waals surface area contributed by atoms with Crippen molar-refractivity contribution in [2.24, 2.45) is 0 Å². The first-order valence-corrected chi connectivity index (χ1v) is 7.28. The highest BCUT2D eigenvalue weighted by atomic mass is 16.5. The number of rotatable bonds is 0. The van der Waals surface area contributed by atoms with Crippen LogP contribution < -0.4 is 5.32 Å². The van der Waals surface area contributed by atoms with Crippen molar-refractivity contribution < 1.29 is 4.74 Å². The minimum Gasteiger partial charge on any atom is -0.381 e. The maximum Gasteiger partial charge on any atom is 0.0466 e. The highest BCUT2D eigenvalue weighted by Gasteiger charge is 1.95. The van der Waals surface area contributed by atoms with E-state index in [9.17, 15) is 0 Å². The maximum absolute atomic E-state index is 5.19. The molecule has 1 N–H and O–H groups in total. The molecule has 2 rings (SSSR count). The monoisotopic (exact) mass is 229 g/mol. The first kappa shape index (κ1) is 15.9. The zero-order valence-corrected chi connectivity index (χ0v) is 11.4. The van der Waals surface area contributed by atoms with Crippen molar-refractivity contribution in [2.45, 2.75) is 65.2 Å². The molecule has 2 heteroatoms. The van der Waals surface area contributed by atoms with Crippen molar-refractivity contribution in [3.05, 3.63) is 0 Å². The van der Waals surface area contributed by atoms with Gasteiger partial charge in [-0.1, -0.05) is 39.5 Å². The van der Waals surface area contributed by atoms with Crippen molar-refractivity contribution in [3.63, 3.8) is 0 Å². The second-order valence-electron chi connectivity index (χ2n) is 4.19. The average Bonchev–Trinajstić information content (AvgIpc) is 2.82. The molecule has 2 saturated heterocycles. The van der Waals surface area contributed by atoms with Crippen molar-refractivity contribution >= 4 is 0 Å². The van der Waals surface area contributed by atoms with Gasteiger partial charge in [-0.3, -0.25) is 0 Å². The lowest BCUT2D eigenvalue weighted by Crippen LogP contribution is -2.12. The summed E-state index contributed by atoms with van der Waals surface area (Å²) in [5.74, 6) is 0. The lowest BCUT2D eigenvalue weighted by atomic mass is 10.2. The summed E-state index contributed by atoms with van der Waals surface area (Å²) < 4.78 is 5.19. The van der Waals surface area contributed by atoms with Gasteiger partial charge in [0.1, 0.15) is 0 Å². The van der Waals surface area contributed by atoms with E-state index in [-0.39, 0.29) is 0 Å². The zero-order valence-electron chi connectivity index (χ0n) is 11.4. The van der Waals surface area contributed by atoms with Crippen molar-refractivity contribution in [3.8, 4) is 0 Å². The Morgan fingerprint density at radius 1 is 0.625 bits per heavy atom. The van der Waals surface area contributed by atoms with Gasteiger partial charge in [0.05, 0.1) is 0 Å². The molecule has 2 fully saturated rings. The molecular formula is C14H31NO. The third-order valence-corrected chi connectivity index (χ3v) is 2.78. The van der Waals surface area contributed by atoms with Gasteiger partial charge in [0.25, 0.3) is 0 Å². The number of ether oxygens (including phenoxy) is 1. The third-order valence-electron chi connectivity index (χ3n) is 2.78. The van der Waals surface area contributed by atoms with E-state index < -0.39 is 0 Å². The molecule has 0 aromatic rings. The first-order valence-electron chi connectivity index (χ1n) is 7.28. The van der Waals surface area contributed by atoms with Gasteiger partial charge >= 0.3 is 0 Å². The molecule has 98 valence electrons. The largest absolute Gasteiger partial charge is 0.381 e. The molecule has 0 spiro atoms. The molecule has 2 heterocycles. The van der Waals surface area contributed by atoms with E-state index in [0.717, 1.165) is 13.2 Å². The smallest absolute Gasteiger partial charge is 0.0466 e. The Morgan fingerprint density at radius 3 is 1.56 bits per heavy atom. The molecule has 2 nitrogen and oxygen atoms in total. The predicted molar refractivity (Wildman–Crippen MR) is 72.0 cm³/mol. The summed E-state index contributed by atoms with van der Waals surface area (Å²) in [6, 6.07) is 0. The molecule has 0 aliphatic carbocycles. The van der Waals surface area contributed by atoms with E-state index in [0.29, 0.717) is 0 Å². The summed E-state index contributed by atoms with van der Waals surface area (Å²) in [5.41, 5.74) is 0. The maximum atomic E-state index is 5.19. The molecular weight excluding hydrogens is 198 g/mol. The fraction of sp³-hybridized carbons (Fsp3) is 1.00. The molecule has 0 bridgehead atoms. The average molecular weight is 229 g/mol. The molecule has 2 aliphatic rings. The van der Waals surface area contributed by atoms with Crippen LogP contribution in [0.4, 0.5) is 0 Å². The lowest BCUT2D eigenvalue weighted by Gasteiger charge is -1.91. The summed E-state index contributed by atoms with van der Waals surface area (Å²) in [7, 11) is 0. The molecule has 0 radical (unpaired) electrons. The van der Waals surface area contributed by atoms with Crippen LogP contribution in [0.25, 0.3) is 0 Å². The van der Waals surface area contributed by atoms with E-state index in [1.54, 1.807) is 0 Å². The highest BCUT2D eigenvalue weighted by molar-refractivity contribution is 4.54. The quantitative estimate of drug-likeness (QED) is 0.683. The Hall–Kier alpha value is -0.0800. The molecule has 0 unspecified atom stereocenters. The second-order valence-corrected chi connectivity index (χ2v) is 4.19. The van der Waals surface area contributed by atoms with Gasteiger partial charge in [-0.2, -0.15) is 0 Å². The van der Waals surface area contributed by atoms with Gasteiger partial charge in [-0.05, 0) is 38.8 Å². The minimum atomic E-state index is 1.00. The topological polar surface area (TPSA) is 21.3 Å². The lowest BCUT2D eigenvalue weighted by molar-refractivity contribution is 0.144. The van der Waals surface area contributed by atoms with Crippen LogP contribution in [0.2, 0.25) is 0 Å². The summed E-state index contributed by atoms with van der Waals surface area (Å²) in [6.45, 7) is 8.50. The van der Waals surface area contributed by atoms with Crippen molar-refractivity contribution in [1.29, 1.82) is 0 Å². The van der Waals surface area contributed by atoms with Crippen LogP contribution in [0.1, 0.15) is 65.2 Å². The van der Waals surface area contributed by atoms with E-state index in [4.69, 9.17) is 4.74 Å². The number of nitrogens with one attached hydrogen (secondary N) is 1. The molecule has 2 aliphatic heterocycles. The zero-order chi connectivity index (χ0) is 11.9. The van der Waals surface area contributed by atoms with Gasteiger partial charge in [-0.25, -0.2) is 0 Å². The summed E-state index contributed by atoms with van der Waals surface area (Å²) in [5, 5.41) is 3.35. The van der Waals surface area contributed by atoms with Crippen molar-refractivity contribution in [2.75, 3.05) is 26.3 Å². The first-order chi connectivity index (χ1) is 8.00. The fourth-order valence-corrected chi connectivity index (χ4v) is 1.84. The molecule has 16 heavy (non-hydrogen) atoms. The molecule has 0 aromatic heterocycles. The van der Waals surface area contributed by atoms with Crippen molar-refractivity contribution in [1.82, 2.24) is 5.32 Å². The second kappa shape index (κ2) is 14.9. The predicted octanol–water partition coefficient (Wildman–Crippen LogP) is 3.75. The number of hydrogen-bond donors (Lipinski definition) is 1. The van der Waals surface area contributed by atoms with Crippen LogP contribution in [0, 0.1) is 0 Å². The minimum absolute atomic E-state index is 1.00. The summed E-state index contributed by atoms with van der Waals surface area (Å²) >= 11 is 0. The van der Waals surface area contributed by atoms with Crippen LogP contribution in [-0.4, -0.2) is 26.3 Å². The number of hydrogen-bond acceptors (Lipinski definition) is 2. The van der Waals surface area contributed by atoms with Crippen LogP contribution in [0.15, 0.2) is 0 Å². The van der Waals surface area contributed by atoms with E-state index >= 15 is 0 Å². The van der Waals surface area contributed by atoms with Crippen LogP contribution in [-0.2, 0) is 4.74 Å². The third kappa shape index (κ3) is 12.0. The van der Waals surface area contributed by atoms with E-state index in [1.807, 2.05) is 13.8 Å². The summed E-state index contributed by atoms with van der Waals surface area (Å²) in [6.07, 6.45) is 11.0. The Labute approximate surface area is 102 Å². The van der Waals surface area contributed by atoms with Gasteiger partial charge in [0.2, 0.25) is 0 Å². The van der Waals surface area contributed by atoms with Gasteiger partial charge in [0.15, 0.2) is 0 Å². The molecule has 0 amide bonds. The van der Waals surface area contributed by atoms with Crippen LogP contribution in [0.3, 0.4) is 0 Å². The Morgan fingerprint density at radius 2 is 1.06 bits per heavy atom. The van der Waals surface area contributed by atoms with Gasteiger partial charge in [0, 0.05) is 13.2 Å². The Bertz CT molecular complexity index is 64.0. The molecule has 0 aromatic carbocycles. The summed E-state index contributed by atoms with van der Waals surface area (Å²) in [4.78, 5) is 0. The van der Waals surface area contributed by atoms with Gasteiger partial charge < -0.3 is 10.1 Å². The van der Waals surface area contributed by atoms with Crippen LogP contribution in [0.5, 0.6) is 0 Å². The Balaban J connectivity index is 0.000000244. The van der Waals surface area contributed by atoms with E-state index in [2.05, 4.69) is 5.32 Å². The Kier molecular flexibility index (Phi) is 14.8. The fourth-order valence-electron chi connectivity index (χ4n) is 1.84. The van der Waals surface area contributed by atoms with E-state index in [1.165, 1.54) is 64.5 Å². The normalized spacial score (nSPS) is 21.4.